The van der Waals surface area contributed by atoms with Gasteiger partial charge in [0.1, 0.15) is 17.5 Å². The Bertz CT molecular complexity index is 401. The van der Waals surface area contributed by atoms with Crippen LogP contribution < -0.4 is 16.2 Å². The van der Waals surface area contributed by atoms with E-state index in [1.807, 2.05) is 6.92 Å². The van der Waals surface area contributed by atoms with Crippen LogP contribution in [0.5, 0.6) is 0 Å². The minimum absolute atomic E-state index is 0.280. The van der Waals surface area contributed by atoms with Crippen LogP contribution in [0, 0.1) is 6.92 Å². The molecule has 102 valence electrons. The molecule has 0 aliphatic carbocycles. The molecule has 0 aliphatic heterocycles. The van der Waals surface area contributed by atoms with Crippen LogP contribution in [0.2, 0.25) is 0 Å². The summed E-state index contributed by atoms with van der Waals surface area (Å²) in [7, 11) is 0. The van der Waals surface area contributed by atoms with Crippen molar-refractivity contribution in [2.45, 2.75) is 53.5 Å². The van der Waals surface area contributed by atoms with E-state index in [0.717, 1.165) is 23.8 Å². The van der Waals surface area contributed by atoms with Gasteiger partial charge in [0, 0.05) is 24.1 Å². The molecule has 0 spiro atoms. The maximum Gasteiger partial charge on any atom is 0.148 e. The predicted octanol–water partition coefficient (Wildman–Crippen LogP) is 2.43. The third-order valence-corrected chi connectivity index (χ3v) is 3.03. The molecule has 1 aromatic heterocycles. The molecular formula is C13H25N5. The van der Waals surface area contributed by atoms with Crippen molar-refractivity contribution in [1.29, 1.82) is 0 Å². The molecule has 5 nitrogen and oxygen atoms in total. The minimum atomic E-state index is 0.280. The topological polar surface area (TPSA) is 67.1 Å². The third-order valence-electron chi connectivity index (χ3n) is 3.03. The molecule has 5 heteroatoms. The van der Waals surface area contributed by atoms with Crippen molar-refractivity contribution in [3.05, 3.63) is 11.4 Å². The molecule has 0 unspecified atom stereocenters. The Labute approximate surface area is 110 Å². The lowest BCUT2D eigenvalue weighted by Crippen LogP contribution is -2.32. The lowest BCUT2D eigenvalue weighted by Gasteiger charge is -2.29. The molecule has 0 amide bonds. The van der Waals surface area contributed by atoms with E-state index in [4.69, 9.17) is 10.8 Å². The van der Waals surface area contributed by atoms with Crippen LogP contribution in [0.25, 0.3) is 0 Å². The average Bonchev–Trinajstić information content (AvgIpc) is 2.31. The smallest absolute Gasteiger partial charge is 0.148 e. The second-order valence-corrected chi connectivity index (χ2v) is 5.06. The fourth-order valence-electron chi connectivity index (χ4n) is 1.96. The number of hydrogen-bond donors (Lipinski definition) is 2. The second kappa shape index (κ2) is 6.00. The second-order valence-electron chi connectivity index (χ2n) is 5.06. The van der Waals surface area contributed by atoms with E-state index < -0.39 is 0 Å². The largest absolute Gasteiger partial charge is 0.354 e. The van der Waals surface area contributed by atoms with Gasteiger partial charge < -0.3 is 10.3 Å². The van der Waals surface area contributed by atoms with E-state index in [9.17, 15) is 0 Å². The standard InChI is InChI=1S/C13H25N5/c1-7-18(9(4)5)13-10(6)12(17-14)15-11(16-13)8(2)3/h8-9H,7,14H2,1-6H3,(H,15,16,17). The number of hydrogen-bond acceptors (Lipinski definition) is 5. The van der Waals surface area contributed by atoms with Gasteiger partial charge in [-0.05, 0) is 27.7 Å². The molecule has 0 saturated heterocycles. The summed E-state index contributed by atoms with van der Waals surface area (Å²) in [6.45, 7) is 13.5. The van der Waals surface area contributed by atoms with Gasteiger partial charge in [0.25, 0.3) is 0 Å². The summed E-state index contributed by atoms with van der Waals surface area (Å²) in [5.74, 6) is 8.33. The highest BCUT2D eigenvalue weighted by Gasteiger charge is 2.18. The number of nitrogen functional groups attached to an aromatic ring is 1. The first-order chi connectivity index (χ1) is 8.42. The van der Waals surface area contributed by atoms with Crippen LogP contribution in [-0.4, -0.2) is 22.6 Å². The van der Waals surface area contributed by atoms with Gasteiger partial charge in [0.05, 0.1) is 0 Å². The number of nitrogens with one attached hydrogen (secondary N) is 1. The lowest BCUT2D eigenvalue weighted by atomic mass is 10.2. The molecule has 0 fully saturated rings. The normalized spacial score (nSPS) is 11.2. The average molecular weight is 251 g/mol. The van der Waals surface area contributed by atoms with Gasteiger partial charge in [-0.15, -0.1) is 0 Å². The molecular weight excluding hydrogens is 226 g/mol. The summed E-state index contributed by atoms with van der Waals surface area (Å²) in [5.41, 5.74) is 3.67. The number of aromatic nitrogens is 2. The summed E-state index contributed by atoms with van der Waals surface area (Å²) < 4.78 is 0. The lowest BCUT2D eigenvalue weighted by molar-refractivity contribution is 0.677. The van der Waals surface area contributed by atoms with Gasteiger partial charge in [0.15, 0.2) is 0 Å². The van der Waals surface area contributed by atoms with Crippen molar-refractivity contribution in [2.24, 2.45) is 5.84 Å². The molecule has 0 aromatic carbocycles. The van der Waals surface area contributed by atoms with Crippen molar-refractivity contribution in [3.8, 4) is 0 Å². The highest BCUT2D eigenvalue weighted by atomic mass is 15.3. The van der Waals surface area contributed by atoms with Crippen LogP contribution in [0.15, 0.2) is 0 Å². The number of nitrogens with two attached hydrogens (primary N) is 1. The predicted molar refractivity (Wildman–Crippen MR) is 76.8 cm³/mol. The highest BCUT2D eigenvalue weighted by Crippen LogP contribution is 2.26. The van der Waals surface area contributed by atoms with Crippen LogP contribution in [0.3, 0.4) is 0 Å². The zero-order chi connectivity index (χ0) is 13.9. The summed E-state index contributed by atoms with van der Waals surface area (Å²) in [6, 6.07) is 0.397. The highest BCUT2D eigenvalue weighted by molar-refractivity contribution is 5.58. The van der Waals surface area contributed by atoms with Crippen molar-refractivity contribution in [3.63, 3.8) is 0 Å². The van der Waals surface area contributed by atoms with E-state index in [-0.39, 0.29) is 5.92 Å². The van der Waals surface area contributed by atoms with E-state index in [1.54, 1.807) is 0 Å². The first-order valence-corrected chi connectivity index (χ1v) is 6.54. The Morgan fingerprint density at radius 1 is 1.22 bits per heavy atom. The van der Waals surface area contributed by atoms with Crippen LogP contribution in [0.1, 0.15) is 51.9 Å². The van der Waals surface area contributed by atoms with Gasteiger partial charge in [0.2, 0.25) is 0 Å². The maximum atomic E-state index is 5.55. The van der Waals surface area contributed by atoms with E-state index in [2.05, 4.69) is 49.9 Å². The fraction of sp³-hybridized carbons (Fsp3) is 0.692. The zero-order valence-corrected chi connectivity index (χ0v) is 12.3. The molecule has 0 bridgehead atoms. The first-order valence-electron chi connectivity index (χ1n) is 6.54. The van der Waals surface area contributed by atoms with Crippen molar-refractivity contribution in [1.82, 2.24) is 9.97 Å². The summed E-state index contributed by atoms with van der Waals surface area (Å²) in [5, 5.41) is 0. The Hall–Kier alpha value is -1.36. The maximum absolute atomic E-state index is 5.55. The van der Waals surface area contributed by atoms with Gasteiger partial charge in [-0.1, -0.05) is 13.8 Å². The number of hydrazine groups is 1. The molecule has 1 aromatic rings. The first kappa shape index (κ1) is 14.7. The number of nitrogens with zero attached hydrogens (tertiary/aromatic N) is 3. The van der Waals surface area contributed by atoms with Crippen LogP contribution in [0.4, 0.5) is 11.6 Å². The van der Waals surface area contributed by atoms with Gasteiger partial charge in [-0.2, -0.15) is 0 Å². The molecule has 0 aliphatic rings. The quantitative estimate of drug-likeness (QED) is 0.621. The molecule has 0 saturated carbocycles. The van der Waals surface area contributed by atoms with Gasteiger partial charge >= 0.3 is 0 Å². The molecule has 0 radical (unpaired) electrons. The van der Waals surface area contributed by atoms with Crippen molar-refractivity contribution >= 4 is 11.6 Å². The van der Waals surface area contributed by atoms with E-state index in [1.165, 1.54) is 0 Å². The zero-order valence-electron chi connectivity index (χ0n) is 12.3. The molecule has 1 heterocycles. The summed E-state index contributed by atoms with van der Waals surface area (Å²) in [4.78, 5) is 11.4. The van der Waals surface area contributed by atoms with Gasteiger partial charge in [-0.3, -0.25) is 0 Å². The minimum Gasteiger partial charge on any atom is -0.354 e. The Morgan fingerprint density at radius 2 is 1.83 bits per heavy atom. The number of rotatable bonds is 5. The van der Waals surface area contributed by atoms with Crippen LogP contribution >= 0.6 is 0 Å². The van der Waals surface area contributed by atoms with Crippen LogP contribution in [-0.2, 0) is 0 Å². The van der Waals surface area contributed by atoms with E-state index >= 15 is 0 Å². The number of anilines is 2. The Balaban J connectivity index is 3.36. The fourth-order valence-corrected chi connectivity index (χ4v) is 1.96. The summed E-state index contributed by atoms with van der Waals surface area (Å²) >= 11 is 0. The monoisotopic (exact) mass is 251 g/mol. The molecule has 0 atom stereocenters. The molecule has 1 rings (SSSR count). The van der Waals surface area contributed by atoms with Crippen molar-refractivity contribution < 1.29 is 0 Å². The Morgan fingerprint density at radius 3 is 2.22 bits per heavy atom. The molecule has 18 heavy (non-hydrogen) atoms. The van der Waals surface area contributed by atoms with Crippen molar-refractivity contribution in [2.75, 3.05) is 16.9 Å². The SMILES string of the molecule is CCN(c1nc(C(C)C)nc(NN)c1C)C(C)C. The van der Waals surface area contributed by atoms with E-state index in [0.29, 0.717) is 11.9 Å². The summed E-state index contributed by atoms with van der Waals surface area (Å²) in [6.07, 6.45) is 0. The van der Waals surface area contributed by atoms with Gasteiger partial charge in [-0.25, -0.2) is 15.8 Å². The molecule has 3 N–H and O–H groups in total. The Kier molecular flexibility index (Phi) is 4.90. The third kappa shape index (κ3) is 2.90.